The standard InChI is InChI=1S/C15H26N2S/c1-3-4-5-6-7-11-14(17-16)13-10-8-9-12-15(13)18-2/h8-10,12,14,17H,3-7,11,16H2,1-2H3. The van der Waals surface area contributed by atoms with E-state index in [1.807, 2.05) is 0 Å². The molecule has 3 heteroatoms. The second-order valence-electron chi connectivity index (χ2n) is 4.66. The Hall–Kier alpha value is -0.510. The van der Waals surface area contributed by atoms with Gasteiger partial charge in [-0.05, 0) is 24.3 Å². The van der Waals surface area contributed by atoms with Gasteiger partial charge in [0, 0.05) is 10.9 Å². The van der Waals surface area contributed by atoms with Crippen LogP contribution in [-0.4, -0.2) is 6.26 Å². The van der Waals surface area contributed by atoms with E-state index in [0.29, 0.717) is 0 Å². The quantitative estimate of drug-likeness (QED) is 0.303. The summed E-state index contributed by atoms with van der Waals surface area (Å²) in [7, 11) is 0. The van der Waals surface area contributed by atoms with Gasteiger partial charge in [-0.1, -0.05) is 57.2 Å². The lowest BCUT2D eigenvalue weighted by Crippen LogP contribution is -2.28. The van der Waals surface area contributed by atoms with Gasteiger partial charge >= 0.3 is 0 Å². The predicted molar refractivity (Wildman–Crippen MR) is 81.7 cm³/mol. The predicted octanol–water partition coefficient (Wildman–Crippen LogP) is 4.27. The first-order chi connectivity index (χ1) is 8.83. The highest BCUT2D eigenvalue weighted by Gasteiger charge is 2.12. The highest BCUT2D eigenvalue weighted by Crippen LogP contribution is 2.28. The molecule has 0 aromatic heterocycles. The minimum Gasteiger partial charge on any atom is -0.271 e. The SMILES string of the molecule is CCCCCCCC(NN)c1ccccc1SC. The van der Waals surface area contributed by atoms with E-state index in [9.17, 15) is 0 Å². The number of thioether (sulfide) groups is 1. The Morgan fingerprint density at radius 2 is 1.89 bits per heavy atom. The van der Waals surface area contributed by atoms with Crippen molar-refractivity contribution in [3.8, 4) is 0 Å². The average Bonchev–Trinajstić information content (AvgIpc) is 2.43. The molecule has 1 rings (SSSR count). The molecule has 0 spiro atoms. The van der Waals surface area contributed by atoms with Crippen molar-refractivity contribution in [2.75, 3.05) is 6.26 Å². The Kier molecular flexibility index (Phi) is 8.14. The summed E-state index contributed by atoms with van der Waals surface area (Å²) < 4.78 is 0. The van der Waals surface area contributed by atoms with Gasteiger partial charge in [-0.3, -0.25) is 11.3 Å². The van der Waals surface area contributed by atoms with Gasteiger partial charge in [0.05, 0.1) is 0 Å². The molecule has 0 aliphatic rings. The zero-order valence-corrected chi connectivity index (χ0v) is 12.4. The van der Waals surface area contributed by atoms with Crippen LogP contribution in [0.2, 0.25) is 0 Å². The Balaban J connectivity index is 2.49. The largest absolute Gasteiger partial charge is 0.271 e. The third-order valence-corrected chi connectivity index (χ3v) is 4.12. The molecule has 1 atom stereocenters. The van der Waals surface area contributed by atoms with Gasteiger partial charge in [-0.15, -0.1) is 11.8 Å². The number of hydrazine groups is 1. The normalized spacial score (nSPS) is 12.6. The maximum Gasteiger partial charge on any atom is 0.0471 e. The summed E-state index contributed by atoms with van der Waals surface area (Å²) in [5, 5.41) is 0. The van der Waals surface area contributed by atoms with Crippen LogP contribution in [0.1, 0.15) is 57.1 Å². The zero-order chi connectivity index (χ0) is 13.2. The fourth-order valence-electron chi connectivity index (χ4n) is 2.23. The van der Waals surface area contributed by atoms with Gasteiger partial charge < -0.3 is 0 Å². The summed E-state index contributed by atoms with van der Waals surface area (Å²) in [5.41, 5.74) is 4.31. The summed E-state index contributed by atoms with van der Waals surface area (Å²) in [6.45, 7) is 2.25. The average molecular weight is 266 g/mol. The number of nitrogens with two attached hydrogens (primary N) is 1. The molecule has 0 bridgehead atoms. The van der Waals surface area contributed by atoms with Crippen molar-refractivity contribution in [1.29, 1.82) is 0 Å². The maximum atomic E-state index is 5.71. The maximum absolute atomic E-state index is 5.71. The molecule has 0 saturated carbocycles. The second kappa shape index (κ2) is 9.42. The number of nitrogens with one attached hydrogen (secondary N) is 1. The molecule has 1 aromatic carbocycles. The molecule has 0 fully saturated rings. The van der Waals surface area contributed by atoms with E-state index in [4.69, 9.17) is 5.84 Å². The molecule has 0 radical (unpaired) electrons. The van der Waals surface area contributed by atoms with Crippen LogP contribution in [0.15, 0.2) is 29.2 Å². The van der Waals surface area contributed by atoms with E-state index in [-0.39, 0.29) is 6.04 Å². The van der Waals surface area contributed by atoms with Crippen molar-refractivity contribution in [2.24, 2.45) is 5.84 Å². The molecule has 2 nitrogen and oxygen atoms in total. The van der Waals surface area contributed by atoms with Crippen molar-refractivity contribution in [3.05, 3.63) is 29.8 Å². The van der Waals surface area contributed by atoms with Crippen molar-refractivity contribution in [2.45, 2.75) is 56.4 Å². The number of benzene rings is 1. The number of unbranched alkanes of at least 4 members (excludes halogenated alkanes) is 4. The Bertz CT molecular complexity index is 328. The van der Waals surface area contributed by atoms with E-state index >= 15 is 0 Å². The van der Waals surface area contributed by atoms with Gasteiger partial charge in [0.1, 0.15) is 0 Å². The van der Waals surface area contributed by atoms with E-state index in [1.54, 1.807) is 11.8 Å². The lowest BCUT2D eigenvalue weighted by molar-refractivity contribution is 0.474. The first-order valence-electron chi connectivity index (χ1n) is 6.92. The van der Waals surface area contributed by atoms with Gasteiger partial charge in [0.15, 0.2) is 0 Å². The van der Waals surface area contributed by atoms with E-state index < -0.39 is 0 Å². The van der Waals surface area contributed by atoms with E-state index in [2.05, 4.69) is 42.9 Å². The van der Waals surface area contributed by atoms with Crippen molar-refractivity contribution >= 4 is 11.8 Å². The first kappa shape index (κ1) is 15.5. The molecule has 0 aliphatic heterocycles. The van der Waals surface area contributed by atoms with Crippen LogP contribution in [0.3, 0.4) is 0 Å². The summed E-state index contributed by atoms with van der Waals surface area (Å²) in [4.78, 5) is 1.33. The first-order valence-corrected chi connectivity index (χ1v) is 8.15. The highest BCUT2D eigenvalue weighted by atomic mass is 32.2. The van der Waals surface area contributed by atoms with Crippen LogP contribution in [0, 0.1) is 0 Å². The van der Waals surface area contributed by atoms with Crippen LogP contribution in [0.5, 0.6) is 0 Å². The summed E-state index contributed by atoms with van der Waals surface area (Å²) >= 11 is 1.79. The lowest BCUT2D eigenvalue weighted by atomic mass is 10.0. The molecular formula is C15H26N2S. The Morgan fingerprint density at radius 1 is 1.17 bits per heavy atom. The molecule has 0 saturated heterocycles. The highest BCUT2D eigenvalue weighted by molar-refractivity contribution is 7.98. The smallest absolute Gasteiger partial charge is 0.0471 e. The topological polar surface area (TPSA) is 38.0 Å². The van der Waals surface area contributed by atoms with Crippen LogP contribution >= 0.6 is 11.8 Å². The third-order valence-electron chi connectivity index (χ3n) is 3.31. The van der Waals surface area contributed by atoms with Gasteiger partial charge in [0.25, 0.3) is 0 Å². The second-order valence-corrected chi connectivity index (χ2v) is 5.51. The molecule has 0 heterocycles. The minimum atomic E-state index is 0.287. The van der Waals surface area contributed by atoms with Crippen molar-refractivity contribution in [1.82, 2.24) is 5.43 Å². The monoisotopic (exact) mass is 266 g/mol. The van der Waals surface area contributed by atoms with Crippen LogP contribution in [0.25, 0.3) is 0 Å². The summed E-state index contributed by atoms with van der Waals surface area (Å²) in [6, 6.07) is 8.82. The molecule has 1 aromatic rings. The van der Waals surface area contributed by atoms with Crippen molar-refractivity contribution < 1.29 is 0 Å². The molecule has 0 amide bonds. The van der Waals surface area contributed by atoms with Crippen molar-refractivity contribution in [3.63, 3.8) is 0 Å². The molecule has 0 aliphatic carbocycles. The molecule has 1 unspecified atom stereocenters. The third kappa shape index (κ3) is 5.01. The van der Waals surface area contributed by atoms with Crippen LogP contribution < -0.4 is 11.3 Å². The Labute approximate surface area is 116 Å². The number of hydrogen-bond acceptors (Lipinski definition) is 3. The number of hydrogen-bond donors (Lipinski definition) is 2. The molecule has 3 N–H and O–H groups in total. The summed E-state index contributed by atoms with van der Waals surface area (Å²) in [6.07, 6.45) is 9.80. The van der Waals surface area contributed by atoms with Crippen LogP contribution in [0.4, 0.5) is 0 Å². The molecule has 102 valence electrons. The lowest BCUT2D eigenvalue weighted by Gasteiger charge is -2.19. The van der Waals surface area contributed by atoms with Gasteiger partial charge in [0.2, 0.25) is 0 Å². The van der Waals surface area contributed by atoms with Crippen LogP contribution in [-0.2, 0) is 0 Å². The number of rotatable bonds is 9. The summed E-state index contributed by atoms with van der Waals surface area (Å²) in [5.74, 6) is 5.71. The minimum absolute atomic E-state index is 0.287. The fourth-order valence-corrected chi connectivity index (χ4v) is 2.90. The van der Waals surface area contributed by atoms with Gasteiger partial charge in [-0.2, -0.15) is 0 Å². The van der Waals surface area contributed by atoms with E-state index in [1.165, 1.54) is 42.6 Å². The Morgan fingerprint density at radius 3 is 2.56 bits per heavy atom. The molecule has 18 heavy (non-hydrogen) atoms. The zero-order valence-electron chi connectivity index (χ0n) is 11.6. The van der Waals surface area contributed by atoms with Gasteiger partial charge in [-0.25, -0.2) is 0 Å². The fraction of sp³-hybridized carbons (Fsp3) is 0.600. The molecular weight excluding hydrogens is 240 g/mol. The van der Waals surface area contributed by atoms with E-state index in [0.717, 1.165) is 6.42 Å².